The first kappa shape index (κ1) is 61.0. The van der Waals surface area contributed by atoms with Crippen molar-refractivity contribution in [3.05, 3.63) is 59.7 Å². The topological polar surface area (TPSA) is 215 Å². The minimum Gasteiger partial charge on any atom is -0.466 e. The minimum absolute atomic E-state index is 0.0733. The van der Waals surface area contributed by atoms with Crippen molar-refractivity contribution in [2.75, 3.05) is 26.2 Å². The predicted molar refractivity (Wildman–Crippen MR) is 277 cm³/mol. The Morgan fingerprint density at radius 1 is 0.973 bits per heavy atom. The summed E-state index contributed by atoms with van der Waals surface area (Å²) < 4.78 is 68.2. The molecule has 17 nitrogen and oxygen atoms in total. The lowest BCUT2D eigenvalue weighted by Crippen LogP contribution is -2.62. The molecule has 413 valence electrons. The van der Waals surface area contributed by atoms with E-state index in [2.05, 4.69) is 20.8 Å². The van der Waals surface area contributed by atoms with Crippen molar-refractivity contribution in [1.82, 2.24) is 0 Å². The van der Waals surface area contributed by atoms with Crippen molar-refractivity contribution >= 4 is 66.7 Å². The maximum Gasteiger partial charge on any atom is 0.330 e. The van der Waals surface area contributed by atoms with E-state index in [-0.39, 0.29) is 62.4 Å². The second-order valence-electron chi connectivity index (χ2n) is 21.2. The number of aliphatic hydroxyl groups is 1. The maximum atomic E-state index is 14.2. The molecule has 1 saturated carbocycles. The van der Waals surface area contributed by atoms with Gasteiger partial charge >= 0.3 is 29.8 Å². The molecule has 3 fully saturated rings. The lowest BCUT2D eigenvalue weighted by Gasteiger charge is -2.52. The molecule has 1 spiro atoms. The number of methoxy groups -OCH3 is 1. The van der Waals surface area contributed by atoms with E-state index >= 15 is 0 Å². The van der Waals surface area contributed by atoms with Crippen LogP contribution in [0.2, 0.25) is 0 Å². The highest BCUT2D eigenvalue weighted by Gasteiger charge is 2.58. The molecule has 1 radical (unpaired) electrons. The molecule has 3 aliphatic rings. The van der Waals surface area contributed by atoms with E-state index < -0.39 is 102 Å². The number of aldehydes is 1. The van der Waals surface area contributed by atoms with Crippen LogP contribution in [0.4, 0.5) is 0 Å². The van der Waals surface area contributed by atoms with Crippen LogP contribution in [0, 0.1) is 28.6 Å². The molecule has 1 N–H and O–H groups in total. The quantitative estimate of drug-likeness (QED) is 0.0160. The van der Waals surface area contributed by atoms with Gasteiger partial charge < -0.3 is 51.9 Å². The highest BCUT2D eigenvalue weighted by molar-refractivity contribution is 8.15. The molecular weight excluding hydrogens is 999 g/mol. The first-order valence-electron chi connectivity index (χ1n) is 26.1. The lowest BCUT2D eigenvalue weighted by molar-refractivity contribution is -0.342. The van der Waals surface area contributed by atoms with E-state index in [0.29, 0.717) is 43.0 Å². The summed E-state index contributed by atoms with van der Waals surface area (Å²) in [6.45, 7) is 17.0. The van der Waals surface area contributed by atoms with E-state index in [0.717, 1.165) is 44.1 Å². The second-order valence-corrected chi connectivity index (χ2v) is 21.9. The Hall–Kier alpha value is -3.82. The highest BCUT2D eigenvalue weighted by Crippen LogP contribution is 2.49. The largest absolute Gasteiger partial charge is 0.466 e. The second kappa shape index (κ2) is 29.1. The van der Waals surface area contributed by atoms with Crippen molar-refractivity contribution in [3.8, 4) is 0 Å². The molecular formula is C54H79BClO17S. The zero-order chi connectivity index (χ0) is 55.6. The van der Waals surface area contributed by atoms with Crippen molar-refractivity contribution in [3.63, 3.8) is 0 Å². The summed E-state index contributed by atoms with van der Waals surface area (Å²) in [7, 11) is 2.07. The molecule has 2 heterocycles. The van der Waals surface area contributed by atoms with Gasteiger partial charge in [0, 0.05) is 48.5 Å². The average molecular weight is 1080 g/mol. The number of hydrogen-bond donors (Lipinski definition) is 1. The van der Waals surface area contributed by atoms with Crippen LogP contribution < -0.4 is 0 Å². The Bertz CT molecular complexity index is 2090. The van der Waals surface area contributed by atoms with Gasteiger partial charge in [-0.3, -0.25) is 24.0 Å². The average Bonchev–Trinajstić information content (AvgIpc) is 3.36. The van der Waals surface area contributed by atoms with Crippen molar-refractivity contribution in [1.29, 1.82) is 1.34 Å². The molecule has 11 atom stereocenters. The van der Waals surface area contributed by atoms with Gasteiger partial charge in [0.15, 0.2) is 11.9 Å². The van der Waals surface area contributed by atoms with Gasteiger partial charge in [0.05, 0.1) is 64.2 Å². The maximum absolute atomic E-state index is 14.2. The minimum atomic E-state index is -2.40. The number of halogens is 1. The lowest BCUT2D eigenvalue weighted by atomic mass is 9.72. The first-order valence-corrected chi connectivity index (χ1v) is 26.9. The van der Waals surface area contributed by atoms with Crippen molar-refractivity contribution in [2.24, 2.45) is 28.6 Å². The van der Waals surface area contributed by atoms with Gasteiger partial charge in [-0.15, -0.1) is 11.6 Å². The number of rotatable bonds is 28. The number of carbonyl (C=O) groups excluding carboxylic acids is 6. The van der Waals surface area contributed by atoms with Gasteiger partial charge in [-0.2, -0.15) is 0 Å². The molecule has 74 heavy (non-hydrogen) atoms. The third-order valence-electron chi connectivity index (χ3n) is 14.2. The fraction of sp³-hybridized carbons (Fsp3) is 0.704. The predicted octanol–water partition coefficient (Wildman–Crippen LogP) is 7.91. The number of benzene rings is 1. The van der Waals surface area contributed by atoms with Crippen LogP contribution in [-0.4, -0.2) is 130 Å². The Morgan fingerprint density at radius 3 is 2.31 bits per heavy atom. The normalized spacial score (nSPS) is 26.9. The first-order chi connectivity index (χ1) is 35.4. The number of ether oxygens (including phenoxy) is 9. The number of alkyl halides is 1. The van der Waals surface area contributed by atoms with Crippen molar-refractivity contribution in [2.45, 2.75) is 187 Å². The molecule has 2 saturated heterocycles. The summed E-state index contributed by atoms with van der Waals surface area (Å²) in [4.78, 5) is 77.9. The number of carbonyl (C=O) groups is 6. The molecule has 2 aliphatic heterocycles. The molecule has 4 rings (SSSR count). The third kappa shape index (κ3) is 17.9. The van der Waals surface area contributed by atoms with Gasteiger partial charge in [0.25, 0.3) is 0 Å². The van der Waals surface area contributed by atoms with Gasteiger partial charge in [-0.1, -0.05) is 110 Å². The van der Waals surface area contributed by atoms with Crippen molar-refractivity contribution < 1.29 is 80.7 Å². The zero-order valence-corrected chi connectivity index (χ0v) is 46.3. The number of hydrogen-bond acceptors (Lipinski definition) is 18. The van der Waals surface area contributed by atoms with Gasteiger partial charge in [0.1, 0.15) is 24.4 Å². The van der Waals surface area contributed by atoms with E-state index in [1.165, 1.54) is 13.2 Å². The van der Waals surface area contributed by atoms with Gasteiger partial charge in [0.2, 0.25) is 12.9 Å². The molecule has 1 aliphatic carbocycles. The van der Waals surface area contributed by atoms with E-state index in [9.17, 15) is 33.9 Å². The highest BCUT2D eigenvalue weighted by atomic mass is 35.5. The van der Waals surface area contributed by atoms with E-state index in [1.54, 1.807) is 27.7 Å². The summed E-state index contributed by atoms with van der Waals surface area (Å²) in [6, 6.07) is 9.28. The van der Waals surface area contributed by atoms with Gasteiger partial charge in [-0.05, 0) is 56.6 Å². The number of esters is 5. The smallest absolute Gasteiger partial charge is 0.330 e. The Kier molecular flexibility index (Phi) is 24.0. The summed E-state index contributed by atoms with van der Waals surface area (Å²) in [5.74, 6) is -6.43. The monoisotopic (exact) mass is 1080 g/mol. The SMILES string of the molecule is [3H][B]SO[C@@H](CC(=O)O[C@@H](C[C@@H]1CCOC2(C[C@H](C)CC[C@H]2C(C)C)O1)C(C)(C)COC(=O)CCl)CC(=O)O[C@H](C[C@@H]1C/C(=C\C(=O)OC)[C@H](OC(=O)CC)[C@](O)(C(C)(C)/C=C/C=O)O1)[C@H](C)OCc1ccccc1. The zero-order valence-electron chi connectivity index (χ0n) is 45.7. The molecule has 1 aromatic rings. The van der Waals surface area contributed by atoms with Gasteiger partial charge in [-0.25, -0.2) is 4.79 Å². The standard InChI is InChI=1S/C54H79BClO17S/c1-11-45(58)70-50-38(25-46(59)64-10)24-40(72-54(50,63)52(8,9)21-15-22-57)26-43(36(5)65-32-37-16-13-12-14-17-37)68-47(60)28-41(73-74-55)29-48(61)69-44(51(6,7)33-66-49(62)31-56)27-39-20-23-67-53(71-39)30-35(4)18-19-42(53)34(2)3/h12-17,21-22,25,34-36,39-44,50,55,63H,11,18-20,23-24,26-33H2,1-10H3/b21-15+,38-25+/t35-,36+,39+,40+,41-,42+,43-,44+,50+,53?,54-/m1/s1/i55T. The van der Waals surface area contributed by atoms with Crippen LogP contribution in [0.3, 0.4) is 0 Å². The third-order valence-corrected chi connectivity index (χ3v) is 14.8. The molecule has 1 unspecified atom stereocenters. The summed E-state index contributed by atoms with van der Waals surface area (Å²) >= 11 is 6.38. The van der Waals surface area contributed by atoms with Crippen LogP contribution in [0.5, 0.6) is 0 Å². The molecule has 1 aromatic carbocycles. The fourth-order valence-electron chi connectivity index (χ4n) is 9.87. The fourth-order valence-corrected chi connectivity index (χ4v) is 10.2. The Morgan fingerprint density at radius 2 is 1.68 bits per heavy atom. The van der Waals surface area contributed by atoms with Crippen LogP contribution in [0.25, 0.3) is 0 Å². The van der Waals surface area contributed by atoms with Crippen LogP contribution in [0.1, 0.15) is 132 Å². The molecule has 0 bridgehead atoms. The molecule has 0 amide bonds. The van der Waals surface area contributed by atoms with E-state index in [1.807, 2.05) is 44.2 Å². The number of allylic oxidation sites excluding steroid dienone is 1. The Balaban J connectivity index is 1.63. The summed E-state index contributed by atoms with van der Waals surface area (Å²) in [5, 5.41) is 12.6. The Labute approximate surface area is 448 Å². The molecule has 0 aromatic heterocycles. The van der Waals surface area contributed by atoms with Crippen LogP contribution in [0.15, 0.2) is 54.1 Å². The summed E-state index contributed by atoms with van der Waals surface area (Å²) in [6.07, 6.45) is -0.557. The van der Waals surface area contributed by atoms with E-state index in [4.69, 9.17) is 59.8 Å². The molecule has 20 heteroatoms. The summed E-state index contributed by atoms with van der Waals surface area (Å²) in [5.41, 5.74) is -1.42. The van der Waals surface area contributed by atoms with Crippen LogP contribution in [-0.2, 0) is 82.2 Å². The van der Waals surface area contributed by atoms with Crippen LogP contribution >= 0.6 is 23.5 Å².